The van der Waals surface area contributed by atoms with E-state index in [0.717, 1.165) is 24.8 Å². The van der Waals surface area contributed by atoms with Crippen LogP contribution in [0.2, 0.25) is 0 Å². The van der Waals surface area contributed by atoms with Gasteiger partial charge >= 0.3 is 5.63 Å². The van der Waals surface area contributed by atoms with E-state index in [1.165, 1.54) is 0 Å². The van der Waals surface area contributed by atoms with E-state index in [4.69, 9.17) is 4.42 Å². The molecule has 1 fully saturated rings. The molecule has 0 atom stereocenters. The van der Waals surface area contributed by atoms with Gasteiger partial charge in [0.15, 0.2) is 0 Å². The minimum absolute atomic E-state index is 0.0598. The zero-order valence-electron chi connectivity index (χ0n) is 12.7. The van der Waals surface area contributed by atoms with Gasteiger partial charge in [0.05, 0.1) is 11.9 Å². The van der Waals surface area contributed by atoms with Gasteiger partial charge in [-0.3, -0.25) is 9.78 Å². The lowest BCUT2D eigenvalue weighted by molar-refractivity contribution is 0.102. The fourth-order valence-electron chi connectivity index (χ4n) is 2.62. The number of carbonyl (C=O) groups is 1. The Morgan fingerprint density at radius 3 is 2.64 bits per heavy atom. The van der Waals surface area contributed by atoms with E-state index < -0.39 is 11.5 Å². The lowest BCUT2D eigenvalue weighted by atomic mass is 9.83. The Hall–Kier alpha value is -2.43. The van der Waals surface area contributed by atoms with Crippen molar-refractivity contribution in [2.24, 2.45) is 0 Å². The van der Waals surface area contributed by atoms with Crippen molar-refractivity contribution < 1.29 is 9.21 Å². The van der Waals surface area contributed by atoms with Crippen LogP contribution >= 0.6 is 0 Å². The third kappa shape index (κ3) is 2.79. The summed E-state index contributed by atoms with van der Waals surface area (Å²) in [6.07, 6.45) is 6.50. The van der Waals surface area contributed by atoms with E-state index in [1.54, 1.807) is 25.4 Å². The Kier molecular flexibility index (Phi) is 3.79. The molecule has 1 N–H and O–H groups in total. The van der Waals surface area contributed by atoms with Gasteiger partial charge in [-0.25, -0.2) is 4.79 Å². The Morgan fingerprint density at radius 2 is 2.05 bits per heavy atom. The molecule has 1 aliphatic carbocycles. The molecule has 2 aromatic rings. The topological polar surface area (TPSA) is 72.2 Å². The number of aromatic nitrogens is 1. The summed E-state index contributed by atoms with van der Waals surface area (Å²) in [6.45, 7) is 3.65. The van der Waals surface area contributed by atoms with Crippen LogP contribution in [0.15, 0.2) is 33.7 Å². The molecule has 5 nitrogen and oxygen atoms in total. The SMILES string of the molecule is Cc1cncc(NC(=O)c2c(C)cc(C3CCC3)oc2=O)c1. The number of rotatable bonds is 3. The Balaban J connectivity index is 1.87. The van der Waals surface area contributed by atoms with E-state index in [9.17, 15) is 9.59 Å². The van der Waals surface area contributed by atoms with Gasteiger partial charge in [-0.1, -0.05) is 6.42 Å². The number of nitrogens with one attached hydrogen (secondary N) is 1. The van der Waals surface area contributed by atoms with Crippen molar-refractivity contribution in [3.05, 3.63) is 57.4 Å². The average molecular weight is 298 g/mol. The van der Waals surface area contributed by atoms with E-state index in [1.807, 2.05) is 13.0 Å². The third-order valence-electron chi connectivity index (χ3n) is 4.04. The van der Waals surface area contributed by atoms with Crippen LogP contribution in [0.4, 0.5) is 5.69 Å². The van der Waals surface area contributed by atoms with Crippen LogP contribution in [0.25, 0.3) is 0 Å². The highest BCUT2D eigenvalue weighted by atomic mass is 16.4. The second-order valence-corrected chi connectivity index (χ2v) is 5.83. The first-order chi connectivity index (χ1) is 10.5. The Bertz CT molecular complexity index is 776. The third-order valence-corrected chi connectivity index (χ3v) is 4.04. The van der Waals surface area contributed by atoms with E-state index in [0.29, 0.717) is 22.9 Å². The van der Waals surface area contributed by atoms with Crippen molar-refractivity contribution in [2.75, 3.05) is 5.32 Å². The van der Waals surface area contributed by atoms with Crippen LogP contribution in [-0.2, 0) is 0 Å². The molecule has 0 spiro atoms. The van der Waals surface area contributed by atoms with Crippen molar-refractivity contribution in [3.63, 3.8) is 0 Å². The van der Waals surface area contributed by atoms with Gasteiger partial charge in [0.2, 0.25) is 0 Å². The van der Waals surface area contributed by atoms with Crippen molar-refractivity contribution in [2.45, 2.75) is 39.0 Å². The molecular weight excluding hydrogens is 280 g/mol. The largest absolute Gasteiger partial charge is 0.427 e. The number of aryl methyl sites for hydroxylation is 2. The lowest BCUT2D eigenvalue weighted by Gasteiger charge is -2.24. The summed E-state index contributed by atoms with van der Waals surface area (Å²) in [5.41, 5.74) is 1.63. The zero-order chi connectivity index (χ0) is 15.7. The minimum atomic E-state index is -0.569. The molecule has 0 radical (unpaired) electrons. The highest BCUT2D eigenvalue weighted by molar-refractivity contribution is 6.04. The normalized spacial score (nSPS) is 14.5. The van der Waals surface area contributed by atoms with Crippen LogP contribution in [-0.4, -0.2) is 10.9 Å². The lowest BCUT2D eigenvalue weighted by Crippen LogP contribution is -2.24. The van der Waals surface area contributed by atoms with E-state index >= 15 is 0 Å². The molecule has 0 aromatic carbocycles. The molecule has 3 rings (SSSR count). The fraction of sp³-hybridized carbons (Fsp3) is 0.353. The van der Waals surface area contributed by atoms with Crippen LogP contribution in [0.1, 0.15) is 52.4 Å². The highest BCUT2D eigenvalue weighted by Crippen LogP contribution is 2.36. The van der Waals surface area contributed by atoms with Crippen LogP contribution < -0.4 is 10.9 Å². The summed E-state index contributed by atoms with van der Waals surface area (Å²) in [7, 11) is 0. The van der Waals surface area contributed by atoms with Crippen LogP contribution in [0.5, 0.6) is 0 Å². The molecule has 1 amide bonds. The molecule has 0 aliphatic heterocycles. The summed E-state index contributed by atoms with van der Waals surface area (Å²) >= 11 is 0. The minimum Gasteiger partial charge on any atom is -0.427 e. The number of nitrogens with zero attached hydrogens (tertiary/aromatic N) is 1. The smallest absolute Gasteiger partial charge is 0.349 e. The van der Waals surface area contributed by atoms with E-state index in [-0.39, 0.29) is 5.56 Å². The zero-order valence-corrected chi connectivity index (χ0v) is 12.7. The maximum Gasteiger partial charge on any atom is 0.349 e. The maximum atomic E-state index is 12.3. The molecule has 1 aliphatic rings. The molecule has 22 heavy (non-hydrogen) atoms. The molecule has 2 heterocycles. The van der Waals surface area contributed by atoms with Gasteiger partial charge in [0.1, 0.15) is 11.3 Å². The molecule has 114 valence electrons. The number of hydrogen-bond acceptors (Lipinski definition) is 4. The Labute approximate surface area is 128 Å². The second-order valence-electron chi connectivity index (χ2n) is 5.83. The number of pyridine rings is 1. The van der Waals surface area contributed by atoms with Gasteiger partial charge in [0, 0.05) is 12.1 Å². The molecular formula is C17H18N2O3. The molecule has 2 aromatic heterocycles. The highest BCUT2D eigenvalue weighted by Gasteiger charge is 2.25. The number of amides is 1. The van der Waals surface area contributed by atoms with Gasteiger partial charge in [-0.15, -0.1) is 0 Å². The second kappa shape index (κ2) is 5.75. The maximum absolute atomic E-state index is 12.3. The molecule has 0 bridgehead atoms. The first-order valence-electron chi connectivity index (χ1n) is 7.42. The molecule has 1 saturated carbocycles. The van der Waals surface area contributed by atoms with Crippen molar-refractivity contribution in [1.82, 2.24) is 4.98 Å². The molecule has 0 saturated heterocycles. The predicted molar refractivity (Wildman–Crippen MR) is 83.2 cm³/mol. The first-order valence-corrected chi connectivity index (χ1v) is 7.42. The van der Waals surface area contributed by atoms with Crippen LogP contribution in [0.3, 0.4) is 0 Å². The summed E-state index contributed by atoms with van der Waals surface area (Å²) in [5, 5.41) is 2.70. The predicted octanol–water partition coefficient (Wildman–Crippen LogP) is 3.17. The summed E-state index contributed by atoms with van der Waals surface area (Å²) in [6, 6.07) is 3.61. The van der Waals surface area contributed by atoms with Gasteiger partial charge in [-0.05, 0) is 49.9 Å². The number of anilines is 1. The van der Waals surface area contributed by atoms with Crippen molar-refractivity contribution in [3.8, 4) is 0 Å². The van der Waals surface area contributed by atoms with Gasteiger partial charge in [0.25, 0.3) is 5.91 Å². The standard InChI is InChI=1S/C17H18N2O3/c1-10-6-13(9-18-8-10)19-16(20)15-11(2)7-14(22-17(15)21)12-4-3-5-12/h6-9,12H,3-5H2,1-2H3,(H,19,20). The van der Waals surface area contributed by atoms with Gasteiger partial charge < -0.3 is 9.73 Å². The average Bonchev–Trinajstić information content (AvgIpc) is 2.35. The van der Waals surface area contributed by atoms with E-state index in [2.05, 4.69) is 10.3 Å². The molecule has 0 unspecified atom stereocenters. The van der Waals surface area contributed by atoms with Gasteiger partial charge in [-0.2, -0.15) is 0 Å². The Morgan fingerprint density at radius 1 is 1.27 bits per heavy atom. The quantitative estimate of drug-likeness (QED) is 0.944. The summed E-state index contributed by atoms with van der Waals surface area (Å²) < 4.78 is 5.34. The fourth-order valence-corrected chi connectivity index (χ4v) is 2.62. The van der Waals surface area contributed by atoms with Crippen molar-refractivity contribution in [1.29, 1.82) is 0 Å². The first kappa shape index (κ1) is 14.5. The number of carbonyl (C=O) groups excluding carboxylic acids is 1. The summed E-state index contributed by atoms with van der Waals surface area (Å²) in [5.74, 6) is 0.561. The van der Waals surface area contributed by atoms with Crippen LogP contribution in [0, 0.1) is 13.8 Å². The van der Waals surface area contributed by atoms with Crippen molar-refractivity contribution >= 4 is 11.6 Å². The molecule has 5 heteroatoms. The summed E-state index contributed by atoms with van der Waals surface area (Å²) in [4.78, 5) is 28.5. The number of hydrogen-bond donors (Lipinski definition) is 1. The monoisotopic (exact) mass is 298 g/mol.